The summed E-state index contributed by atoms with van der Waals surface area (Å²) in [5.41, 5.74) is 1.12. The lowest BCUT2D eigenvalue weighted by molar-refractivity contribution is 0.518. The van der Waals surface area contributed by atoms with Crippen LogP contribution in [0.4, 0.5) is 4.39 Å². The van der Waals surface area contributed by atoms with Crippen LogP contribution in [-0.4, -0.2) is 20.8 Å². The van der Waals surface area contributed by atoms with Crippen LogP contribution in [0.2, 0.25) is 0 Å². The molecule has 4 nitrogen and oxygen atoms in total. The van der Waals surface area contributed by atoms with Gasteiger partial charge in [0.15, 0.2) is 0 Å². The number of aryl methyl sites for hydroxylation is 1. The summed E-state index contributed by atoms with van der Waals surface area (Å²) in [5.74, 6) is 0.744. The molecule has 1 N–H and O–H groups in total. The van der Waals surface area contributed by atoms with Gasteiger partial charge in [-0.2, -0.15) is 0 Å². The highest BCUT2D eigenvalue weighted by molar-refractivity contribution is 5.17. The zero-order valence-corrected chi connectivity index (χ0v) is 11.3. The van der Waals surface area contributed by atoms with Crippen LogP contribution in [0.15, 0.2) is 30.6 Å². The molecule has 0 spiro atoms. The SMILES string of the molecule is CCn1cnnc1CN[C@H](C)Cc1ccc(F)cc1. The Morgan fingerprint density at radius 3 is 2.74 bits per heavy atom. The summed E-state index contributed by atoms with van der Waals surface area (Å²) in [4.78, 5) is 0. The minimum Gasteiger partial charge on any atom is -0.317 e. The van der Waals surface area contributed by atoms with Crippen LogP contribution < -0.4 is 5.32 Å². The molecule has 0 unspecified atom stereocenters. The van der Waals surface area contributed by atoms with E-state index in [0.29, 0.717) is 12.6 Å². The Morgan fingerprint density at radius 2 is 2.05 bits per heavy atom. The molecule has 0 saturated heterocycles. The maximum Gasteiger partial charge on any atom is 0.146 e. The Bertz CT molecular complexity index is 506. The van der Waals surface area contributed by atoms with Crippen molar-refractivity contribution >= 4 is 0 Å². The van der Waals surface area contributed by atoms with Gasteiger partial charge in [0.2, 0.25) is 0 Å². The summed E-state index contributed by atoms with van der Waals surface area (Å²) < 4.78 is 14.8. The number of aromatic nitrogens is 3. The predicted molar refractivity (Wildman–Crippen MR) is 72.1 cm³/mol. The smallest absolute Gasteiger partial charge is 0.146 e. The highest BCUT2D eigenvalue weighted by Crippen LogP contribution is 2.06. The molecule has 2 aromatic rings. The summed E-state index contributed by atoms with van der Waals surface area (Å²) in [6.07, 6.45) is 2.60. The standard InChI is InChI=1S/C14H19FN4/c1-3-19-10-17-18-14(19)9-16-11(2)8-12-4-6-13(15)7-5-12/h4-7,10-11,16H,3,8-9H2,1-2H3/t11-/m1/s1. The van der Waals surface area contributed by atoms with Crippen LogP contribution in [0.1, 0.15) is 25.2 Å². The fourth-order valence-corrected chi connectivity index (χ4v) is 1.99. The van der Waals surface area contributed by atoms with E-state index in [1.165, 1.54) is 12.1 Å². The molecule has 5 heteroatoms. The monoisotopic (exact) mass is 262 g/mol. The van der Waals surface area contributed by atoms with Gasteiger partial charge in [-0.25, -0.2) is 4.39 Å². The average Bonchev–Trinajstić information content (AvgIpc) is 2.86. The van der Waals surface area contributed by atoms with E-state index in [4.69, 9.17) is 0 Å². The van der Waals surface area contributed by atoms with Gasteiger partial charge in [0.25, 0.3) is 0 Å². The summed E-state index contributed by atoms with van der Waals surface area (Å²) in [6, 6.07) is 6.93. The molecule has 0 amide bonds. The third kappa shape index (κ3) is 3.86. The van der Waals surface area contributed by atoms with E-state index in [0.717, 1.165) is 24.4 Å². The van der Waals surface area contributed by atoms with E-state index in [1.807, 2.05) is 16.7 Å². The second-order valence-electron chi connectivity index (χ2n) is 4.65. The van der Waals surface area contributed by atoms with Crippen molar-refractivity contribution in [2.24, 2.45) is 0 Å². The summed E-state index contributed by atoms with van der Waals surface area (Å²) in [7, 11) is 0. The Morgan fingerprint density at radius 1 is 1.32 bits per heavy atom. The van der Waals surface area contributed by atoms with Crippen molar-refractivity contribution in [3.63, 3.8) is 0 Å². The van der Waals surface area contributed by atoms with Crippen LogP contribution in [-0.2, 0) is 19.5 Å². The zero-order chi connectivity index (χ0) is 13.7. The van der Waals surface area contributed by atoms with Crippen molar-refractivity contribution < 1.29 is 4.39 Å². The maximum absolute atomic E-state index is 12.8. The molecule has 1 atom stereocenters. The van der Waals surface area contributed by atoms with Gasteiger partial charge in [0.05, 0.1) is 6.54 Å². The third-order valence-corrected chi connectivity index (χ3v) is 3.10. The Labute approximate surface area is 112 Å². The first-order valence-corrected chi connectivity index (χ1v) is 6.53. The molecule has 1 aromatic heterocycles. The van der Waals surface area contributed by atoms with Crippen molar-refractivity contribution in [1.29, 1.82) is 0 Å². The van der Waals surface area contributed by atoms with E-state index in [-0.39, 0.29) is 5.82 Å². The van der Waals surface area contributed by atoms with Gasteiger partial charge in [0.1, 0.15) is 18.0 Å². The second-order valence-corrected chi connectivity index (χ2v) is 4.65. The van der Waals surface area contributed by atoms with Crippen LogP contribution in [0.25, 0.3) is 0 Å². The number of nitrogens with zero attached hydrogens (tertiary/aromatic N) is 3. The molecule has 1 heterocycles. The number of hydrogen-bond donors (Lipinski definition) is 1. The molecule has 1 aromatic carbocycles. The van der Waals surface area contributed by atoms with Crippen LogP contribution in [0, 0.1) is 5.82 Å². The molecule has 0 bridgehead atoms. The molecule has 0 fully saturated rings. The van der Waals surface area contributed by atoms with E-state index < -0.39 is 0 Å². The summed E-state index contributed by atoms with van der Waals surface area (Å²) in [5, 5.41) is 11.4. The van der Waals surface area contributed by atoms with Crippen molar-refractivity contribution in [2.45, 2.75) is 39.4 Å². The molecule has 0 radical (unpaired) electrons. The largest absolute Gasteiger partial charge is 0.317 e. The Hall–Kier alpha value is -1.75. The molecule has 0 aliphatic rings. The zero-order valence-electron chi connectivity index (χ0n) is 11.3. The van der Waals surface area contributed by atoms with E-state index in [9.17, 15) is 4.39 Å². The van der Waals surface area contributed by atoms with Crippen LogP contribution in [0.5, 0.6) is 0 Å². The average molecular weight is 262 g/mol. The van der Waals surface area contributed by atoms with Gasteiger partial charge in [-0.15, -0.1) is 10.2 Å². The lowest BCUT2D eigenvalue weighted by Gasteiger charge is -2.13. The Balaban J connectivity index is 1.84. The molecule has 0 aliphatic heterocycles. The summed E-state index contributed by atoms with van der Waals surface area (Å²) in [6.45, 7) is 5.73. The first-order valence-electron chi connectivity index (χ1n) is 6.53. The normalized spacial score (nSPS) is 12.6. The number of benzene rings is 1. The molecule has 0 saturated carbocycles. The lowest BCUT2D eigenvalue weighted by Crippen LogP contribution is -2.28. The minimum absolute atomic E-state index is 0.194. The van der Waals surface area contributed by atoms with Gasteiger partial charge < -0.3 is 9.88 Å². The van der Waals surface area contributed by atoms with Crippen molar-refractivity contribution in [1.82, 2.24) is 20.1 Å². The van der Waals surface area contributed by atoms with E-state index in [2.05, 4.69) is 29.4 Å². The Kier molecular flexibility index (Phi) is 4.63. The highest BCUT2D eigenvalue weighted by Gasteiger charge is 2.06. The van der Waals surface area contributed by atoms with Gasteiger partial charge >= 0.3 is 0 Å². The quantitative estimate of drug-likeness (QED) is 0.867. The van der Waals surface area contributed by atoms with E-state index >= 15 is 0 Å². The van der Waals surface area contributed by atoms with E-state index in [1.54, 1.807) is 6.33 Å². The maximum atomic E-state index is 12.8. The number of halogens is 1. The topological polar surface area (TPSA) is 42.7 Å². The van der Waals surface area contributed by atoms with Crippen molar-refractivity contribution in [3.05, 3.63) is 47.8 Å². The first kappa shape index (κ1) is 13.7. The van der Waals surface area contributed by atoms with Gasteiger partial charge in [-0.1, -0.05) is 12.1 Å². The molecule has 19 heavy (non-hydrogen) atoms. The summed E-state index contributed by atoms with van der Waals surface area (Å²) >= 11 is 0. The van der Waals surface area contributed by atoms with Crippen LogP contribution >= 0.6 is 0 Å². The van der Waals surface area contributed by atoms with Gasteiger partial charge in [-0.05, 0) is 38.0 Å². The first-order chi connectivity index (χ1) is 9.19. The highest BCUT2D eigenvalue weighted by atomic mass is 19.1. The second kappa shape index (κ2) is 6.43. The molecule has 2 rings (SSSR count). The van der Waals surface area contributed by atoms with Gasteiger partial charge in [0, 0.05) is 12.6 Å². The number of nitrogens with one attached hydrogen (secondary N) is 1. The minimum atomic E-state index is -0.194. The molecular formula is C14H19FN4. The third-order valence-electron chi connectivity index (χ3n) is 3.10. The molecular weight excluding hydrogens is 243 g/mol. The van der Waals surface area contributed by atoms with Crippen molar-refractivity contribution in [3.8, 4) is 0 Å². The lowest BCUT2D eigenvalue weighted by atomic mass is 10.1. The number of rotatable bonds is 6. The number of hydrogen-bond acceptors (Lipinski definition) is 3. The molecule has 0 aliphatic carbocycles. The molecule has 102 valence electrons. The van der Waals surface area contributed by atoms with Gasteiger partial charge in [-0.3, -0.25) is 0 Å². The fourth-order valence-electron chi connectivity index (χ4n) is 1.99. The van der Waals surface area contributed by atoms with Crippen LogP contribution in [0.3, 0.4) is 0 Å². The fraction of sp³-hybridized carbons (Fsp3) is 0.429. The van der Waals surface area contributed by atoms with Crippen molar-refractivity contribution in [2.75, 3.05) is 0 Å². The predicted octanol–water partition coefficient (Wildman–Crippen LogP) is 2.16.